The van der Waals surface area contributed by atoms with Crippen molar-refractivity contribution in [1.29, 1.82) is 0 Å². The van der Waals surface area contributed by atoms with Gasteiger partial charge in [-0.05, 0) is 56.4 Å². The molecule has 2 aromatic rings. The molecule has 0 aliphatic carbocycles. The molecule has 3 rings (SSSR count). The molecule has 1 N–H and O–H groups in total. The van der Waals surface area contributed by atoms with Gasteiger partial charge in [-0.25, -0.2) is 4.79 Å². The van der Waals surface area contributed by atoms with Crippen molar-refractivity contribution >= 4 is 6.03 Å². The van der Waals surface area contributed by atoms with Crippen LogP contribution in [0.15, 0.2) is 24.4 Å². The van der Waals surface area contributed by atoms with Crippen molar-refractivity contribution in [3.63, 3.8) is 0 Å². The van der Waals surface area contributed by atoms with Crippen LogP contribution in [0.5, 0.6) is 0 Å². The Hall–Kier alpha value is -2.30. The number of aromatic nitrogens is 2. The number of hydrogen-bond donors (Lipinski definition) is 1. The summed E-state index contributed by atoms with van der Waals surface area (Å²) in [5.41, 5.74) is 6.15. The van der Waals surface area contributed by atoms with Crippen LogP contribution in [0.3, 0.4) is 0 Å². The molecule has 25 heavy (non-hydrogen) atoms. The average Bonchev–Trinajstić information content (AvgIpc) is 3.16. The van der Waals surface area contributed by atoms with Crippen LogP contribution in [0, 0.1) is 20.8 Å². The van der Waals surface area contributed by atoms with Crippen molar-refractivity contribution in [2.24, 2.45) is 7.05 Å². The second-order valence-corrected chi connectivity index (χ2v) is 7.18. The van der Waals surface area contributed by atoms with Gasteiger partial charge in [0.25, 0.3) is 0 Å². The van der Waals surface area contributed by atoms with E-state index in [-0.39, 0.29) is 12.1 Å². The minimum Gasteiger partial charge on any atom is -0.334 e. The molecular formula is C20H28N4O. The number of carbonyl (C=O) groups is 1. The summed E-state index contributed by atoms with van der Waals surface area (Å²) in [6, 6.07) is 6.69. The standard InChI is InChI=1S/C20H28N4O/c1-14-10-15(2)19(16(3)11-14)13-21-20(25)24-9-5-6-18(24)12-17-7-8-22-23(17)4/h7-8,10-11,18H,5-6,9,12-13H2,1-4H3,(H,21,25)/t18-/m0/s1. The molecule has 5 heteroatoms. The largest absolute Gasteiger partial charge is 0.334 e. The lowest BCUT2D eigenvalue weighted by Crippen LogP contribution is -2.43. The van der Waals surface area contributed by atoms with E-state index < -0.39 is 0 Å². The first-order valence-corrected chi connectivity index (χ1v) is 9.04. The van der Waals surface area contributed by atoms with Gasteiger partial charge in [0.15, 0.2) is 0 Å². The van der Waals surface area contributed by atoms with Gasteiger partial charge in [0, 0.05) is 44.5 Å². The van der Waals surface area contributed by atoms with Crippen molar-refractivity contribution in [2.45, 2.75) is 52.6 Å². The number of amides is 2. The molecule has 1 fully saturated rings. The van der Waals surface area contributed by atoms with E-state index in [0.717, 1.165) is 25.8 Å². The quantitative estimate of drug-likeness (QED) is 0.929. The topological polar surface area (TPSA) is 50.2 Å². The third-order valence-corrected chi connectivity index (χ3v) is 5.26. The Balaban J connectivity index is 1.63. The predicted octanol–water partition coefficient (Wildman–Crippen LogP) is 3.26. The molecule has 0 unspecified atom stereocenters. The lowest BCUT2D eigenvalue weighted by Gasteiger charge is -2.25. The van der Waals surface area contributed by atoms with Gasteiger partial charge in [0.1, 0.15) is 0 Å². The first-order valence-electron chi connectivity index (χ1n) is 9.04. The summed E-state index contributed by atoms with van der Waals surface area (Å²) in [6.07, 6.45) is 4.81. The van der Waals surface area contributed by atoms with Crippen LogP contribution in [-0.2, 0) is 20.0 Å². The van der Waals surface area contributed by atoms with E-state index in [9.17, 15) is 4.79 Å². The van der Waals surface area contributed by atoms with Crippen molar-refractivity contribution < 1.29 is 4.79 Å². The summed E-state index contributed by atoms with van der Waals surface area (Å²) in [6.45, 7) is 7.76. The molecule has 1 aliphatic rings. The first-order chi connectivity index (χ1) is 12.0. The molecule has 0 bridgehead atoms. The fourth-order valence-corrected chi connectivity index (χ4v) is 3.91. The van der Waals surface area contributed by atoms with Crippen LogP contribution in [0.2, 0.25) is 0 Å². The summed E-state index contributed by atoms with van der Waals surface area (Å²) in [5, 5.41) is 7.36. The molecule has 1 saturated heterocycles. The molecule has 0 radical (unpaired) electrons. The number of benzene rings is 1. The van der Waals surface area contributed by atoms with Crippen molar-refractivity contribution in [3.05, 3.63) is 52.3 Å². The maximum Gasteiger partial charge on any atom is 0.317 e. The van der Waals surface area contributed by atoms with E-state index in [1.165, 1.54) is 27.9 Å². The lowest BCUT2D eigenvalue weighted by molar-refractivity contribution is 0.191. The van der Waals surface area contributed by atoms with Gasteiger partial charge in [-0.1, -0.05) is 17.7 Å². The zero-order valence-corrected chi connectivity index (χ0v) is 15.7. The number of nitrogens with one attached hydrogen (secondary N) is 1. The Bertz CT molecular complexity index is 742. The molecular weight excluding hydrogens is 312 g/mol. The fourth-order valence-electron chi connectivity index (χ4n) is 3.91. The number of nitrogens with zero attached hydrogens (tertiary/aromatic N) is 3. The molecule has 1 aromatic heterocycles. The number of urea groups is 1. The zero-order valence-electron chi connectivity index (χ0n) is 15.7. The Morgan fingerprint density at radius 1 is 1.28 bits per heavy atom. The van der Waals surface area contributed by atoms with E-state index in [0.29, 0.717) is 6.54 Å². The van der Waals surface area contributed by atoms with Gasteiger partial charge in [-0.3, -0.25) is 4.68 Å². The van der Waals surface area contributed by atoms with Crippen LogP contribution in [0.4, 0.5) is 4.79 Å². The van der Waals surface area contributed by atoms with Gasteiger partial charge in [-0.2, -0.15) is 5.10 Å². The van der Waals surface area contributed by atoms with Crippen LogP contribution >= 0.6 is 0 Å². The van der Waals surface area contributed by atoms with E-state index in [1.54, 1.807) is 0 Å². The van der Waals surface area contributed by atoms with E-state index >= 15 is 0 Å². The summed E-state index contributed by atoms with van der Waals surface area (Å²) >= 11 is 0. The molecule has 1 aromatic carbocycles. The Kier molecular flexibility index (Phi) is 5.11. The van der Waals surface area contributed by atoms with E-state index in [1.807, 2.05) is 28.9 Å². The molecule has 1 atom stereocenters. The maximum atomic E-state index is 12.7. The second kappa shape index (κ2) is 7.30. The summed E-state index contributed by atoms with van der Waals surface area (Å²) < 4.78 is 1.90. The van der Waals surface area contributed by atoms with Gasteiger partial charge < -0.3 is 10.2 Å². The second-order valence-electron chi connectivity index (χ2n) is 7.18. The van der Waals surface area contributed by atoms with E-state index in [4.69, 9.17) is 0 Å². The van der Waals surface area contributed by atoms with E-state index in [2.05, 4.69) is 43.3 Å². The number of aryl methyl sites for hydroxylation is 4. The van der Waals surface area contributed by atoms with Crippen LogP contribution in [0.1, 0.15) is 40.8 Å². The SMILES string of the molecule is Cc1cc(C)c(CNC(=O)N2CCC[C@H]2Cc2ccnn2C)c(C)c1. The highest BCUT2D eigenvalue weighted by atomic mass is 16.2. The average molecular weight is 340 g/mol. The highest BCUT2D eigenvalue weighted by Crippen LogP contribution is 2.22. The molecule has 134 valence electrons. The molecule has 1 aliphatic heterocycles. The van der Waals surface area contributed by atoms with Crippen LogP contribution in [0.25, 0.3) is 0 Å². The number of carbonyl (C=O) groups excluding carboxylic acids is 1. The maximum absolute atomic E-state index is 12.7. The number of hydrogen-bond acceptors (Lipinski definition) is 2. The molecule has 5 nitrogen and oxygen atoms in total. The smallest absolute Gasteiger partial charge is 0.317 e. The zero-order chi connectivity index (χ0) is 18.0. The summed E-state index contributed by atoms with van der Waals surface area (Å²) in [7, 11) is 1.96. The highest BCUT2D eigenvalue weighted by molar-refractivity contribution is 5.75. The number of likely N-dealkylation sites (tertiary alicyclic amines) is 1. The highest BCUT2D eigenvalue weighted by Gasteiger charge is 2.29. The number of rotatable bonds is 4. The Morgan fingerprint density at radius 2 is 2.00 bits per heavy atom. The Labute approximate surface area is 150 Å². The molecule has 2 amide bonds. The lowest BCUT2D eigenvalue weighted by atomic mass is 10.00. The van der Waals surface area contributed by atoms with Gasteiger partial charge in [-0.15, -0.1) is 0 Å². The van der Waals surface area contributed by atoms with Crippen molar-refractivity contribution in [3.8, 4) is 0 Å². The van der Waals surface area contributed by atoms with Crippen LogP contribution in [-0.4, -0.2) is 33.3 Å². The Morgan fingerprint density at radius 3 is 2.64 bits per heavy atom. The van der Waals surface area contributed by atoms with Crippen molar-refractivity contribution in [2.75, 3.05) is 6.54 Å². The molecule has 0 spiro atoms. The fraction of sp³-hybridized carbons (Fsp3) is 0.500. The van der Waals surface area contributed by atoms with Gasteiger partial charge in [0.2, 0.25) is 0 Å². The summed E-state index contributed by atoms with van der Waals surface area (Å²) in [4.78, 5) is 14.7. The summed E-state index contributed by atoms with van der Waals surface area (Å²) in [5.74, 6) is 0. The third-order valence-electron chi connectivity index (χ3n) is 5.26. The third kappa shape index (κ3) is 3.86. The van der Waals surface area contributed by atoms with Crippen LogP contribution < -0.4 is 5.32 Å². The van der Waals surface area contributed by atoms with Crippen molar-refractivity contribution in [1.82, 2.24) is 20.0 Å². The minimum atomic E-state index is 0.0454. The normalized spacial score (nSPS) is 17.1. The monoisotopic (exact) mass is 340 g/mol. The predicted molar refractivity (Wildman–Crippen MR) is 99.5 cm³/mol. The molecule has 0 saturated carbocycles. The molecule has 2 heterocycles. The van der Waals surface area contributed by atoms with Gasteiger partial charge >= 0.3 is 6.03 Å². The van der Waals surface area contributed by atoms with Gasteiger partial charge in [0.05, 0.1) is 0 Å². The minimum absolute atomic E-state index is 0.0454. The first kappa shape index (κ1) is 17.5.